The van der Waals surface area contributed by atoms with E-state index < -0.39 is 0 Å². The van der Waals surface area contributed by atoms with Crippen molar-refractivity contribution in [2.24, 2.45) is 10.9 Å². The van der Waals surface area contributed by atoms with E-state index in [2.05, 4.69) is 65.0 Å². The van der Waals surface area contributed by atoms with E-state index in [1.165, 1.54) is 18.4 Å². The molecule has 0 saturated heterocycles. The Morgan fingerprint density at radius 3 is 2.45 bits per heavy atom. The van der Waals surface area contributed by atoms with Crippen LogP contribution in [0.3, 0.4) is 0 Å². The molecule has 1 aromatic rings. The molecule has 0 amide bonds. The number of benzene rings is 1. The Kier molecular flexibility index (Phi) is 8.78. The molecule has 1 saturated carbocycles. The fourth-order valence-corrected chi connectivity index (χ4v) is 2.32. The van der Waals surface area contributed by atoms with Crippen molar-refractivity contribution in [3.8, 4) is 0 Å². The molecule has 22 heavy (non-hydrogen) atoms. The molecule has 5 heteroatoms. The highest BCUT2D eigenvalue weighted by molar-refractivity contribution is 14.0. The van der Waals surface area contributed by atoms with Crippen LogP contribution in [0.2, 0.25) is 0 Å². The van der Waals surface area contributed by atoms with E-state index in [9.17, 15) is 0 Å². The molecule has 0 aromatic heterocycles. The zero-order chi connectivity index (χ0) is 15.1. The van der Waals surface area contributed by atoms with Gasteiger partial charge in [0, 0.05) is 26.2 Å². The molecule has 1 fully saturated rings. The van der Waals surface area contributed by atoms with E-state index in [0.29, 0.717) is 6.04 Å². The average Bonchev–Trinajstić information content (AvgIpc) is 3.31. The number of rotatable bonds is 7. The fourth-order valence-electron chi connectivity index (χ4n) is 2.32. The number of hydrogen-bond donors (Lipinski definition) is 2. The highest BCUT2D eigenvalue weighted by atomic mass is 127. The van der Waals surface area contributed by atoms with Gasteiger partial charge in [-0.05, 0) is 44.8 Å². The molecule has 2 N–H and O–H groups in total. The molecule has 1 aliphatic carbocycles. The van der Waals surface area contributed by atoms with Gasteiger partial charge in [-0.2, -0.15) is 0 Å². The van der Waals surface area contributed by atoms with Gasteiger partial charge in [0.05, 0.1) is 0 Å². The largest absolute Gasteiger partial charge is 0.356 e. The monoisotopic (exact) mass is 416 g/mol. The van der Waals surface area contributed by atoms with Crippen LogP contribution >= 0.6 is 24.0 Å². The van der Waals surface area contributed by atoms with E-state index in [4.69, 9.17) is 0 Å². The Balaban J connectivity index is 0.00000242. The highest BCUT2D eigenvalue weighted by Gasteiger charge is 2.21. The third kappa shape index (κ3) is 6.96. The minimum atomic E-state index is 0. The lowest BCUT2D eigenvalue weighted by Crippen LogP contribution is -2.46. The van der Waals surface area contributed by atoms with Crippen LogP contribution in [0.25, 0.3) is 0 Å². The summed E-state index contributed by atoms with van der Waals surface area (Å²) in [5.74, 6) is 1.78. The number of aliphatic imine (C=N–C) groups is 1. The lowest BCUT2D eigenvalue weighted by atomic mass is 10.1. The smallest absolute Gasteiger partial charge is 0.191 e. The summed E-state index contributed by atoms with van der Waals surface area (Å²) in [5, 5.41) is 6.86. The zero-order valence-electron chi connectivity index (χ0n) is 13.9. The molecule has 4 nitrogen and oxygen atoms in total. The van der Waals surface area contributed by atoms with Crippen molar-refractivity contribution in [2.45, 2.75) is 25.3 Å². The Morgan fingerprint density at radius 1 is 1.23 bits per heavy atom. The van der Waals surface area contributed by atoms with Crippen molar-refractivity contribution in [1.82, 2.24) is 15.5 Å². The highest BCUT2D eigenvalue weighted by Crippen LogP contribution is 2.27. The zero-order valence-corrected chi connectivity index (χ0v) is 16.2. The van der Waals surface area contributed by atoms with Crippen LogP contribution in [-0.4, -0.2) is 51.1 Å². The molecular weight excluding hydrogens is 387 g/mol. The number of nitrogens with zero attached hydrogens (tertiary/aromatic N) is 2. The summed E-state index contributed by atoms with van der Waals surface area (Å²) in [5.41, 5.74) is 1.37. The van der Waals surface area contributed by atoms with Gasteiger partial charge in [-0.25, -0.2) is 0 Å². The first-order valence-corrected chi connectivity index (χ1v) is 7.84. The van der Waals surface area contributed by atoms with E-state index in [1.54, 1.807) is 0 Å². The predicted octanol–water partition coefficient (Wildman–Crippen LogP) is 2.35. The van der Waals surface area contributed by atoms with Crippen LogP contribution in [0, 0.1) is 5.92 Å². The molecule has 0 radical (unpaired) electrons. The van der Waals surface area contributed by atoms with E-state index in [-0.39, 0.29) is 24.0 Å². The summed E-state index contributed by atoms with van der Waals surface area (Å²) < 4.78 is 0. The minimum Gasteiger partial charge on any atom is -0.356 e. The van der Waals surface area contributed by atoms with Gasteiger partial charge >= 0.3 is 0 Å². The first-order chi connectivity index (χ1) is 10.2. The molecule has 0 bridgehead atoms. The van der Waals surface area contributed by atoms with Crippen molar-refractivity contribution in [1.29, 1.82) is 0 Å². The van der Waals surface area contributed by atoms with Crippen molar-refractivity contribution in [3.05, 3.63) is 35.9 Å². The maximum Gasteiger partial charge on any atom is 0.191 e. The van der Waals surface area contributed by atoms with Gasteiger partial charge in [0.15, 0.2) is 5.96 Å². The van der Waals surface area contributed by atoms with E-state index in [0.717, 1.165) is 31.4 Å². The lowest BCUT2D eigenvalue weighted by molar-refractivity contribution is 0.290. The maximum absolute atomic E-state index is 4.30. The van der Waals surface area contributed by atoms with Gasteiger partial charge in [0.1, 0.15) is 0 Å². The van der Waals surface area contributed by atoms with Gasteiger partial charge in [-0.15, -0.1) is 24.0 Å². The SMILES string of the molecule is CN=C(NCC1CC1)NCC(Cc1ccccc1)N(C)C.I. The van der Waals surface area contributed by atoms with Crippen LogP contribution < -0.4 is 10.6 Å². The number of nitrogens with one attached hydrogen (secondary N) is 2. The quantitative estimate of drug-likeness (QED) is 0.407. The predicted molar refractivity (Wildman–Crippen MR) is 105 cm³/mol. The third-order valence-corrected chi connectivity index (χ3v) is 4.03. The number of likely N-dealkylation sites (N-methyl/N-ethyl adjacent to an activating group) is 1. The Labute approximate surface area is 151 Å². The second-order valence-corrected chi connectivity index (χ2v) is 6.08. The van der Waals surface area contributed by atoms with Gasteiger partial charge in [-0.3, -0.25) is 4.99 Å². The fraction of sp³-hybridized carbons (Fsp3) is 0.588. The second-order valence-electron chi connectivity index (χ2n) is 6.08. The van der Waals surface area contributed by atoms with Crippen LogP contribution in [-0.2, 0) is 6.42 Å². The summed E-state index contributed by atoms with van der Waals surface area (Å²) in [4.78, 5) is 6.57. The summed E-state index contributed by atoms with van der Waals surface area (Å²) in [6.07, 6.45) is 3.76. The van der Waals surface area contributed by atoms with Gasteiger partial charge in [-0.1, -0.05) is 30.3 Å². The van der Waals surface area contributed by atoms with Crippen LogP contribution in [0.5, 0.6) is 0 Å². The first kappa shape index (κ1) is 19.2. The molecule has 1 unspecified atom stereocenters. The molecule has 1 aliphatic rings. The summed E-state index contributed by atoms with van der Waals surface area (Å²) >= 11 is 0. The van der Waals surface area contributed by atoms with Crippen molar-refractivity contribution in [3.63, 3.8) is 0 Å². The van der Waals surface area contributed by atoms with E-state index >= 15 is 0 Å². The molecule has 0 heterocycles. The average molecular weight is 416 g/mol. The van der Waals surface area contributed by atoms with Gasteiger partial charge in [0.25, 0.3) is 0 Å². The van der Waals surface area contributed by atoms with Crippen LogP contribution in [0.1, 0.15) is 18.4 Å². The Morgan fingerprint density at radius 2 is 1.91 bits per heavy atom. The van der Waals surface area contributed by atoms with Gasteiger partial charge < -0.3 is 15.5 Å². The maximum atomic E-state index is 4.30. The minimum absolute atomic E-state index is 0. The van der Waals surface area contributed by atoms with Crippen molar-refractivity contribution >= 4 is 29.9 Å². The number of hydrogen-bond acceptors (Lipinski definition) is 2. The summed E-state index contributed by atoms with van der Waals surface area (Å²) in [6.45, 7) is 1.94. The second kappa shape index (κ2) is 10.0. The molecule has 1 atom stereocenters. The van der Waals surface area contributed by atoms with Crippen LogP contribution in [0.4, 0.5) is 0 Å². The third-order valence-electron chi connectivity index (χ3n) is 4.03. The molecular formula is C17H29IN4. The van der Waals surface area contributed by atoms with Crippen molar-refractivity contribution < 1.29 is 0 Å². The summed E-state index contributed by atoms with van der Waals surface area (Å²) in [6, 6.07) is 11.1. The van der Waals surface area contributed by atoms with E-state index in [1.807, 2.05) is 7.05 Å². The Bertz CT molecular complexity index is 443. The standard InChI is InChI=1S/C17H28N4.HI/c1-18-17(19-12-15-9-10-15)20-13-16(21(2)3)11-14-7-5-4-6-8-14;/h4-8,15-16H,9-13H2,1-3H3,(H2,18,19,20);1H. The first-order valence-electron chi connectivity index (χ1n) is 7.84. The lowest BCUT2D eigenvalue weighted by Gasteiger charge is -2.25. The molecule has 1 aromatic carbocycles. The van der Waals surface area contributed by atoms with Crippen molar-refractivity contribution in [2.75, 3.05) is 34.2 Å². The molecule has 2 rings (SSSR count). The molecule has 124 valence electrons. The number of halogens is 1. The van der Waals surface area contributed by atoms with Crippen LogP contribution in [0.15, 0.2) is 35.3 Å². The summed E-state index contributed by atoms with van der Waals surface area (Å²) in [7, 11) is 6.11. The normalized spacial score (nSPS) is 16.1. The Hall–Kier alpha value is -0.820. The van der Waals surface area contributed by atoms with Gasteiger partial charge in [0.2, 0.25) is 0 Å². The topological polar surface area (TPSA) is 39.7 Å². The molecule has 0 aliphatic heterocycles. The number of guanidine groups is 1. The molecule has 0 spiro atoms.